The molecule has 638 valence electrons. The van der Waals surface area contributed by atoms with Crippen LogP contribution in [0.5, 0.6) is 11.5 Å². The van der Waals surface area contributed by atoms with Crippen molar-refractivity contribution in [3.63, 3.8) is 0 Å². The lowest BCUT2D eigenvalue weighted by molar-refractivity contribution is -0.438. The Labute approximate surface area is 682 Å². The number of primary amides is 1. The number of nitrogens with two attached hydrogens (primary N) is 1. The maximum absolute atomic E-state index is 13.1. The lowest BCUT2D eigenvalue weighted by atomic mass is 9.81. The van der Waals surface area contributed by atoms with Gasteiger partial charge in [-0.25, -0.2) is 13.2 Å². The number of carbonyl (C=O) groups is 9. The molecule has 34 nitrogen and oxygen atoms in total. The molecule has 0 radical (unpaired) electrons. The Bertz CT molecular complexity index is 4380. The van der Waals surface area contributed by atoms with Crippen molar-refractivity contribution < 1.29 is 97.5 Å². The first kappa shape index (κ1) is 93.6. The van der Waals surface area contributed by atoms with Gasteiger partial charge in [0.1, 0.15) is 29.3 Å². The van der Waals surface area contributed by atoms with Crippen LogP contribution >= 0.6 is 11.8 Å². The number of hydrogen-bond acceptors (Lipinski definition) is 22. The monoisotopic (exact) mass is 1680 g/mol. The molecule has 0 aliphatic carbocycles. The molecule has 3 unspecified atom stereocenters. The number of unbranched alkanes of at least 4 members (excludes halogenated alkanes) is 5. The smallest absolute Gasteiger partial charge is 0.315 e. The molecule has 4 aliphatic rings. The molecular formula is C79H113N13O21S3. The third kappa shape index (κ3) is 27.8. The number of rotatable bonds is 51. The number of hydrogen-bond donors (Lipinski definition) is 11. The van der Waals surface area contributed by atoms with Crippen molar-refractivity contribution in [2.45, 2.75) is 201 Å². The third-order valence-electron chi connectivity index (χ3n) is 20.6. The molecule has 7 rings (SSSR count). The number of allylic oxidation sites excluding steroid dienone is 6. The zero-order valence-corrected chi connectivity index (χ0v) is 69.7. The number of nitrogens with one attached hydrogen (secondary N) is 9. The topological polar surface area (TPSA) is 486 Å². The van der Waals surface area contributed by atoms with Crippen molar-refractivity contribution in [2.75, 3.05) is 96.6 Å². The molecule has 0 bridgehead atoms. The second kappa shape index (κ2) is 44.7. The van der Waals surface area contributed by atoms with Gasteiger partial charge < -0.3 is 82.0 Å². The molecule has 12 N–H and O–H groups in total. The van der Waals surface area contributed by atoms with Crippen LogP contribution in [-0.4, -0.2) is 210 Å². The average Bonchev–Trinajstić information content (AvgIpc) is 1.59. The van der Waals surface area contributed by atoms with E-state index in [0.29, 0.717) is 95.6 Å². The van der Waals surface area contributed by atoms with Gasteiger partial charge >= 0.3 is 6.03 Å². The van der Waals surface area contributed by atoms with E-state index in [-0.39, 0.29) is 133 Å². The van der Waals surface area contributed by atoms with Crippen LogP contribution in [-0.2, 0) is 78.9 Å². The highest BCUT2D eigenvalue weighted by atomic mass is 32.2. The molecule has 116 heavy (non-hydrogen) atoms. The van der Waals surface area contributed by atoms with E-state index in [2.05, 4.69) is 57.3 Å². The molecule has 6 atom stereocenters. The van der Waals surface area contributed by atoms with E-state index >= 15 is 0 Å². The molecule has 37 heteroatoms. The fraction of sp³-hybridized carbons (Fsp3) is 0.570. The standard InChI is InChI=1S/C79H113N13O21S3/c1-9-90-60-33-31-53(115(104,105)106)43-56(60)78(4,5)66(90)26-12-10-13-27-67-79(6,7)57-44-54(116(107,108)109)32-34-61(57)91(67)38-21-11-14-28-69(94)81-35-19-17-23-51(2)75(99)85-48-72(97)86-52(3)55-45-63(110-8)64(46-62(55)92(102)103)113-39-22-30-71(96)83-37-40-111-41-42-112-49-73(98)87-58(76(100)84-47-68(80)93)24-18-20-36-82-70(95)29-16-15-25-65-74-59(50-114-65)88-77(101)89-74/h10,12-13,26-27,31-34,43-46,51-52,58-59,65,74H,9,11,14-25,28-30,35-42,47-50H2,1-8H3,(H12-,80,81,82,83,84,85,86,87,88,89,93,94,95,96,97,98,99,100,101,104,105,106,107,108,109)/t51-,52?,58-,59?,65+,74?/m0/s1. The molecule has 3 aromatic carbocycles. The number of ether oxygens (including phenoxy) is 4. The van der Waals surface area contributed by atoms with Crippen LogP contribution in [0.1, 0.15) is 174 Å². The predicted octanol–water partition coefficient (Wildman–Crippen LogP) is 5.83. The summed E-state index contributed by atoms with van der Waals surface area (Å²) >= 11 is 1.83. The van der Waals surface area contributed by atoms with Crippen LogP contribution in [0.15, 0.2) is 94.4 Å². The fourth-order valence-corrected chi connectivity index (χ4v) is 16.9. The first-order valence-corrected chi connectivity index (χ1v) is 43.2. The number of likely N-dealkylation sites (N-methyl/N-ethyl adjacent to an activating group) is 1. The Hall–Kier alpha value is -9.53. The molecule has 2 saturated heterocycles. The van der Waals surface area contributed by atoms with Gasteiger partial charge in [0.15, 0.2) is 17.2 Å². The number of methoxy groups -OCH3 is 1. The van der Waals surface area contributed by atoms with Crippen molar-refractivity contribution in [1.29, 1.82) is 0 Å². The molecule has 10 amide bonds. The Kier molecular flexibility index (Phi) is 36.1. The molecule has 0 spiro atoms. The van der Waals surface area contributed by atoms with E-state index < -0.39 is 97.3 Å². The first-order chi connectivity index (χ1) is 55.0. The average molecular weight is 1680 g/mol. The number of nitro groups is 1. The highest BCUT2D eigenvalue weighted by Gasteiger charge is 2.46. The molecule has 4 aliphatic heterocycles. The van der Waals surface area contributed by atoms with E-state index in [4.69, 9.17) is 24.7 Å². The molecule has 0 saturated carbocycles. The van der Waals surface area contributed by atoms with E-state index in [1.54, 1.807) is 26.0 Å². The Morgan fingerprint density at radius 3 is 2.03 bits per heavy atom. The van der Waals surface area contributed by atoms with Crippen LogP contribution in [0, 0.1) is 16.0 Å². The maximum atomic E-state index is 13.1. The molecule has 0 aromatic heterocycles. The van der Waals surface area contributed by atoms with Gasteiger partial charge in [-0.3, -0.25) is 53.0 Å². The number of benzene rings is 3. The van der Waals surface area contributed by atoms with Crippen LogP contribution in [0.3, 0.4) is 0 Å². The maximum Gasteiger partial charge on any atom is 0.315 e. The minimum Gasteiger partial charge on any atom is -0.744 e. The van der Waals surface area contributed by atoms with Crippen LogP contribution in [0.25, 0.3) is 0 Å². The number of urea groups is 1. The van der Waals surface area contributed by atoms with Gasteiger partial charge in [0.25, 0.3) is 15.8 Å². The normalized spacial score (nSPS) is 17.7. The molecule has 4 heterocycles. The van der Waals surface area contributed by atoms with Crippen molar-refractivity contribution in [1.82, 2.24) is 47.9 Å². The largest absolute Gasteiger partial charge is 0.744 e. The van der Waals surface area contributed by atoms with Crippen molar-refractivity contribution in [3.05, 3.63) is 111 Å². The highest BCUT2D eigenvalue weighted by Crippen LogP contribution is 2.49. The minimum absolute atomic E-state index is 0.0130. The number of carbonyl (C=O) groups excluding carboxylic acids is 9. The third-order valence-corrected chi connectivity index (χ3v) is 23.8. The SMILES string of the molecule is CCN1/C(=C/C=C/C=C/C2=[N+](CCCCCC(=O)NCCCC[C@H](C)C(=O)NCC(=O)NC(C)c3cc(OC)c(OCCCC(=O)NCCOCCOCC(=O)N[C@@H](CCCCNC(=O)CCCC[C@H]4SCC5NC(=O)NC54)C(=O)NCC(N)=O)cc3[N+](=O)[O-])c3ccc(S(=O)(=O)O)cc3C2(C)C)C(C)(C)c2cc(S(=O)(=O)[O-])ccc21. The summed E-state index contributed by atoms with van der Waals surface area (Å²) in [5.41, 5.74) is 8.48. The van der Waals surface area contributed by atoms with Gasteiger partial charge in [0, 0.05) is 103 Å². The summed E-state index contributed by atoms with van der Waals surface area (Å²) in [7, 11) is -7.81. The van der Waals surface area contributed by atoms with E-state index in [1.807, 2.05) is 76.8 Å². The summed E-state index contributed by atoms with van der Waals surface area (Å²) in [6, 6.07) is 9.77. The summed E-state index contributed by atoms with van der Waals surface area (Å²) in [6.07, 6.45) is 17.8. The van der Waals surface area contributed by atoms with Gasteiger partial charge in [-0.2, -0.15) is 24.8 Å². The van der Waals surface area contributed by atoms with Crippen LogP contribution in [0.2, 0.25) is 0 Å². The van der Waals surface area contributed by atoms with E-state index in [1.165, 1.54) is 43.5 Å². The number of anilines is 1. The van der Waals surface area contributed by atoms with Crippen LogP contribution in [0.4, 0.5) is 21.9 Å². The molecule has 3 aromatic rings. The quantitative estimate of drug-likeness (QED) is 0.00602. The van der Waals surface area contributed by atoms with Gasteiger partial charge in [-0.15, -0.1) is 0 Å². The lowest BCUT2D eigenvalue weighted by Gasteiger charge is -2.25. The molecule has 2 fully saturated rings. The summed E-state index contributed by atoms with van der Waals surface area (Å²) in [5, 5.41) is 37.4. The van der Waals surface area contributed by atoms with Gasteiger partial charge in [-0.1, -0.05) is 51.8 Å². The Morgan fingerprint density at radius 1 is 0.707 bits per heavy atom. The first-order valence-electron chi connectivity index (χ1n) is 39.3. The second-order valence-electron chi connectivity index (χ2n) is 30.0. The summed E-state index contributed by atoms with van der Waals surface area (Å²) in [6.45, 7) is 14.2. The van der Waals surface area contributed by atoms with Crippen molar-refractivity contribution >= 4 is 108 Å². The van der Waals surface area contributed by atoms with Crippen LogP contribution < -0.4 is 68.0 Å². The van der Waals surface area contributed by atoms with Crippen molar-refractivity contribution in [2.24, 2.45) is 11.7 Å². The second-order valence-corrected chi connectivity index (χ2v) is 34.1. The predicted molar refractivity (Wildman–Crippen MR) is 434 cm³/mol. The van der Waals surface area contributed by atoms with Gasteiger partial charge in [-0.05, 0) is 140 Å². The Balaban J connectivity index is 0.731. The number of thioether (sulfide) groups is 1. The summed E-state index contributed by atoms with van der Waals surface area (Å²) < 4.78 is 94.5. The summed E-state index contributed by atoms with van der Waals surface area (Å²) in [5.74, 6) is -2.89. The molecular weight excluding hydrogens is 1560 g/mol. The number of fused-ring (bicyclic) bond motifs is 3. The van der Waals surface area contributed by atoms with E-state index in [9.17, 15) is 79.2 Å². The number of nitro benzene ring substituents is 1. The lowest BCUT2D eigenvalue weighted by Crippen LogP contribution is -2.49. The highest BCUT2D eigenvalue weighted by molar-refractivity contribution is 8.00. The number of nitrogens with zero attached hydrogens (tertiary/aromatic N) is 3. The van der Waals surface area contributed by atoms with Gasteiger partial charge in [0.2, 0.25) is 52.9 Å². The van der Waals surface area contributed by atoms with Gasteiger partial charge in [0.05, 0.1) is 96.5 Å². The van der Waals surface area contributed by atoms with E-state index in [0.717, 1.165) is 52.5 Å². The van der Waals surface area contributed by atoms with Crippen molar-refractivity contribution in [3.8, 4) is 11.5 Å². The summed E-state index contributed by atoms with van der Waals surface area (Å²) in [4.78, 5) is 126. The zero-order chi connectivity index (χ0) is 84.9. The number of amides is 10. The minimum atomic E-state index is -4.66. The Morgan fingerprint density at radius 2 is 1.36 bits per heavy atom. The zero-order valence-electron chi connectivity index (χ0n) is 67.2. The fourth-order valence-electron chi connectivity index (χ4n) is 14.4.